The van der Waals surface area contributed by atoms with E-state index in [9.17, 15) is 4.79 Å². The monoisotopic (exact) mass is 271 g/mol. The summed E-state index contributed by atoms with van der Waals surface area (Å²) in [5.41, 5.74) is -0.422. The number of esters is 1. The largest absolute Gasteiger partial charge is 0.459 e. The molecular formula is C14H29N3O2. The standard InChI is InChI=1S/C14H29N3O2/c1-11(13(18)19-14(2,3)4)15-9-12-10-16(5)7-8-17(12)6/h11-12,15H,7-10H2,1-6H3. The van der Waals surface area contributed by atoms with Crippen molar-refractivity contribution < 1.29 is 9.53 Å². The molecule has 0 aromatic heterocycles. The minimum Gasteiger partial charge on any atom is -0.459 e. The highest BCUT2D eigenvalue weighted by Gasteiger charge is 2.25. The van der Waals surface area contributed by atoms with Crippen LogP contribution in [0.2, 0.25) is 0 Å². The summed E-state index contributed by atoms with van der Waals surface area (Å²) in [5, 5.41) is 3.28. The van der Waals surface area contributed by atoms with E-state index in [0.29, 0.717) is 6.04 Å². The molecule has 0 bridgehead atoms. The zero-order valence-corrected chi connectivity index (χ0v) is 13.2. The third-order valence-corrected chi connectivity index (χ3v) is 3.40. The van der Waals surface area contributed by atoms with Crippen molar-refractivity contribution in [1.29, 1.82) is 0 Å². The van der Waals surface area contributed by atoms with Crippen molar-refractivity contribution in [3.8, 4) is 0 Å². The van der Waals surface area contributed by atoms with Gasteiger partial charge in [-0.15, -0.1) is 0 Å². The lowest BCUT2D eigenvalue weighted by atomic mass is 10.1. The lowest BCUT2D eigenvalue weighted by molar-refractivity contribution is -0.157. The highest BCUT2D eigenvalue weighted by molar-refractivity contribution is 5.75. The van der Waals surface area contributed by atoms with Crippen LogP contribution in [0.15, 0.2) is 0 Å². The van der Waals surface area contributed by atoms with Gasteiger partial charge in [0.05, 0.1) is 0 Å². The maximum Gasteiger partial charge on any atom is 0.323 e. The Balaban J connectivity index is 2.36. The predicted molar refractivity (Wildman–Crippen MR) is 77.2 cm³/mol. The van der Waals surface area contributed by atoms with Crippen LogP contribution in [-0.4, -0.2) is 73.7 Å². The first-order valence-corrected chi connectivity index (χ1v) is 7.04. The quantitative estimate of drug-likeness (QED) is 0.757. The topological polar surface area (TPSA) is 44.8 Å². The molecule has 1 aliphatic rings. The highest BCUT2D eigenvalue weighted by atomic mass is 16.6. The molecule has 0 aliphatic carbocycles. The van der Waals surface area contributed by atoms with Crippen LogP contribution in [0.5, 0.6) is 0 Å². The van der Waals surface area contributed by atoms with Crippen LogP contribution in [0.4, 0.5) is 0 Å². The molecule has 112 valence electrons. The summed E-state index contributed by atoms with van der Waals surface area (Å²) >= 11 is 0. The van der Waals surface area contributed by atoms with Crippen LogP contribution in [0.25, 0.3) is 0 Å². The van der Waals surface area contributed by atoms with Gasteiger partial charge in [0.2, 0.25) is 0 Å². The second-order valence-corrected chi connectivity index (χ2v) is 6.56. The van der Waals surface area contributed by atoms with Crippen LogP contribution < -0.4 is 5.32 Å². The number of carbonyl (C=O) groups is 1. The van der Waals surface area contributed by atoms with Crippen molar-refractivity contribution >= 4 is 5.97 Å². The van der Waals surface area contributed by atoms with Gasteiger partial charge in [0.1, 0.15) is 11.6 Å². The number of hydrogen-bond donors (Lipinski definition) is 1. The average molecular weight is 271 g/mol. The van der Waals surface area contributed by atoms with Crippen LogP contribution in [0, 0.1) is 0 Å². The first-order valence-electron chi connectivity index (χ1n) is 7.04. The van der Waals surface area contributed by atoms with E-state index in [4.69, 9.17) is 4.74 Å². The minimum absolute atomic E-state index is 0.181. The van der Waals surface area contributed by atoms with Gasteiger partial charge in [-0.3, -0.25) is 9.69 Å². The highest BCUT2D eigenvalue weighted by Crippen LogP contribution is 2.09. The maximum absolute atomic E-state index is 11.9. The number of likely N-dealkylation sites (N-methyl/N-ethyl adjacent to an activating group) is 2. The van der Waals surface area contributed by atoms with Crippen LogP contribution in [0.3, 0.4) is 0 Å². The van der Waals surface area contributed by atoms with Gasteiger partial charge in [-0.1, -0.05) is 0 Å². The van der Waals surface area contributed by atoms with Crippen LogP contribution in [0.1, 0.15) is 27.7 Å². The number of nitrogens with one attached hydrogen (secondary N) is 1. The molecule has 0 aromatic rings. The summed E-state index contributed by atoms with van der Waals surface area (Å²) in [4.78, 5) is 16.5. The van der Waals surface area contributed by atoms with Gasteiger partial charge < -0.3 is 15.0 Å². The fourth-order valence-corrected chi connectivity index (χ4v) is 2.11. The Bertz CT molecular complexity index is 302. The molecular weight excluding hydrogens is 242 g/mol. The van der Waals surface area contributed by atoms with Crippen molar-refractivity contribution in [2.45, 2.75) is 45.4 Å². The Morgan fingerprint density at radius 1 is 1.37 bits per heavy atom. The molecule has 19 heavy (non-hydrogen) atoms. The van der Waals surface area contributed by atoms with Gasteiger partial charge >= 0.3 is 5.97 Å². The van der Waals surface area contributed by atoms with E-state index in [1.807, 2.05) is 27.7 Å². The van der Waals surface area contributed by atoms with Crippen molar-refractivity contribution in [2.75, 3.05) is 40.3 Å². The summed E-state index contributed by atoms with van der Waals surface area (Å²) in [6.07, 6.45) is 0. The number of piperazine rings is 1. The molecule has 0 amide bonds. The minimum atomic E-state index is -0.422. The molecule has 1 saturated heterocycles. The van der Waals surface area contributed by atoms with E-state index < -0.39 is 5.60 Å². The van der Waals surface area contributed by atoms with E-state index in [2.05, 4.69) is 29.2 Å². The summed E-state index contributed by atoms with van der Waals surface area (Å²) in [6.45, 7) is 11.6. The molecule has 1 rings (SSSR count). The van der Waals surface area contributed by atoms with Gasteiger partial charge in [0, 0.05) is 32.2 Å². The van der Waals surface area contributed by atoms with E-state index in [0.717, 1.165) is 26.2 Å². The van der Waals surface area contributed by atoms with Crippen molar-refractivity contribution in [2.24, 2.45) is 0 Å². The Kier molecular flexibility index (Phi) is 5.77. The third-order valence-electron chi connectivity index (χ3n) is 3.40. The number of rotatable bonds is 4. The molecule has 5 heteroatoms. The smallest absolute Gasteiger partial charge is 0.323 e. The molecule has 0 aromatic carbocycles. The first-order chi connectivity index (χ1) is 8.69. The summed E-state index contributed by atoms with van der Waals surface area (Å²) in [6, 6.07) is 0.184. The molecule has 0 radical (unpaired) electrons. The van der Waals surface area contributed by atoms with Crippen LogP contribution in [-0.2, 0) is 9.53 Å². The van der Waals surface area contributed by atoms with Gasteiger partial charge in [-0.2, -0.15) is 0 Å². The number of carbonyl (C=O) groups excluding carboxylic acids is 1. The molecule has 1 fully saturated rings. The second-order valence-electron chi connectivity index (χ2n) is 6.56. The summed E-state index contributed by atoms with van der Waals surface area (Å²) in [5.74, 6) is -0.181. The normalized spacial score (nSPS) is 24.2. The van der Waals surface area contributed by atoms with Crippen molar-refractivity contribution in [3.05, 3.63) is 0 Å². The predicted octanol–water partition coefficient (Wildman–Crippen LogP) is 0.552. The first kappa shape index (κ1) is 16.4. The molecule has 2 unspecified atom stereocenters. The van der Waals surface area contributed by atoms with Gasteiger partial charge in [0.25, 0.3) is 0 Å². The molecule has 0 spiro atoms. The van der Waals surface area contributed by atoms with Crippen molar-refractivity contribution in [1.82, 2.24) is 15.1 Å². The Labute approximate surface area is 117 Å². The Hall–Kier alpha value is -0.650. The summed E-state index contributed by atoms with van der Waals surface area (Å²) < 4.78 is 5.36. The maximum atomic E-state index is 11.9. The third kappa shape index (κ3) is 5.89. The zero-order chi connectivity index (χ0) is 14.6. The number of nitrogens with zero attached hydrogens (tertiary/aromatic N) is 2. The SMILES string of the molecule is CC(NCC1CN(C)CCN1C)C(=O)OC(C)(C)C. The van der Waals surface area contributed by atoms with E-state index >= 15 is 0 Å². The Morgan fingerprint density at radius 2 is 2.00 bits per heavy atom. The zero-order valence-electron chi connectivity index (χ0n) is 13.2. The average Bonchev–Trinajstić information content (AvgIpc) is 2.27. The van der Waals surface area contributed by atoms with E-state index in [1.165, 1.54) is 0 Å². The van der Waals surface area contributed by atoms with Crippen LogP contribution >= 0.6 is 0 Å². The fraction of sp³-hybridized carbons (Fsp3) is 0.929. The Morgan fingerprint density at radius 3 is 2.58 bits per heavy atom. The molecule has 0 saturated carbocycles. The lowest BCUT2D eigenvalue weighted by Gasteiger charge is -2.38. The fourth-order valence-electron chi connectivity index (χ4n) is 2.11. The molecule has 1 aliphatic heterocycles. The summed E-state index contributed by atoms with van der Waals surface area (Å²) in [7, 11) is 4.27. The number of ether oxygens (including phenoxy) is 1. The molecule has 1 N–H and O–H groups in total. The van der Waals surface area contributed by atoms with Crippen molar-refractivity contribution in [3.63, 3.8) is 0 Å². The van der Waals surface area contributed by atoms with E-state index in [1.54, 1.807) is 0 Å². The lowest BCUT2D eigenvalue weighted by Crippen LogP contribution is -2.55. The van der Waals surface area contributed by atoms with E-state index in [-0.39, 0.29) is 12.0 Å². The molecule has 1 heterocycles. The van der Waals surface area contributed by atoms with Gasteiger partial charge in [-0.05, 0) is 41.8 Å². The second kappa shape index (κ2) is 6.68. The number of hydrogen-bond acceptors (Lipinski definition) is 5. The molecule has 2 atom stereocenters. The van der Waals surface area contributed by atoms with Gasteiger partial charge in [0.15, 0.2) is 0 Å². The molecule has 5 nitrogen and oxygen atoms in total. The van der Waals surface area contributed by atoms with Gasteiger partial charge in [-0.25, -0.2) is 0 Å².